The van der Waals surface area contributed by atoms with E-state index in [1.807, 2.05) is 0 Å². The van der Waals surface area contributed by atoms with Crippen LogP contribution in [0.2, 0.25) is 0 Å². The van der Waals surface area contributed by atoms with Crippen LogP contribution in [0.5, 0.6) is 0 Å². The van der Waals surface area contributed by atoms with E-state index in [9.17, 15) is 5.11 Å². The second kappa shape index (κ2) is 3.25. The minimum Gasteiger partial charge on any atom is -0.395 e. The molecule has 1 unspecified atom stereocenters. The molecule has 0 aromatic heterocycles. The summed E-state index contributed by atoms with van der Waals surface area (Å²) in [6.45, 7) is 6.05. The number of aliphatic hydroxyl groups is 1. The number of hydrogen-bond donors (Lipinski definition) is 1. The molecule has 2 nitrogen and oxygen atoms in total. The Morgan fingerprint density at radius 1 is 1.46 bits per heavy atom. The lowest BCUT2D eigenvalue weighted by atomic mass is 9.67. The molecule has 1 saturated carbocycles. The van der Waals surface area contributed by atoms with Gasteiger partial charge in [-0.25, -0.2) is 0 Å². The standard InChI is InChI=1S/C11H21NO/c1-9(2)12-8-11(4-3-5-11)6-10(12)7-13/h9-10,13H,3-8H2,1-2H3. The molecule has 13 heavy (non-hydrogen) atoms. The first-order valence-corrected chi connectivity index (χ1v) is 5.53. The van der Waals surface area contributed by atoms with Gasteiger partial charge in [0.2, 0.25) is 0 Å². The van der Waals surface area contributed by atoms with Gasteiger partial charge < -0.3 is 5.11 Å². The van der Waals surface area contributed by atoms with Crippen molar-refractivity contribution in [2.75, 3.05) is 13.2 Å². The molecule has 76 valence electrons. The number of hydrogen-bond acceptors (Lipinski definition) is 2. The van der Waals surface area contributed by atoms with Gasteiger partial charge in [0.1, 0.15) is 0 Å². The van der Waals surface area contributed by atoms with Crippen LogP contribution in [0.15, 0.2) is 0 Å². The minimum absolute atomic E-state index is 0.347. The van der Waals surface area contributed by atoms with Crippen molar-refractivity contribution in [1.29, 1.82) is 0 Å². The zero-order valence-corrected chi connectivity index (χ0v) is 8.79. The highest BCUT2D eigenvalue weighted by atomic mass is 16.3. The molecule has 1 aliphatic heterocycles. The third-order valence-corrected chi connectivity index (χ3v) is 3.94. The molecule has 1 aliphatic carbocycles. The Morgan fingerprint density at radius 3 is 2.46 bits per heavy atom. The smallest absolute Gasteiger partial charge is 0.0587 e. The highest BCUT2D eigenvalue weighted by Crippen LogP contribution is 2.50. The Bertz CT molecular complexity index is 187. The topological polar surface area (TPSA) is 23.5 Å². The van der Waals surface area contributed by atoms with Crippen molar-refractivity contribution >= 4 is 0 Å². The molecule has 1 atom stereocenters. The maximum absolute atomic E-state index is 9.30. The largest absolute Gasteiger partial charge is 0.395 e. The van der Waals surface area contributed by atoms with Gasteiger partial charge in [-0.3, -0.25) is 4.90 Å². The Morgan fingerprint density at radius 2 is 2.15 bits per heavy atom. The average Bonchev–Trinajstić information content (AvgIpc) is 2.42. The molecule has 2 rings (SSSR count). The minimum atomic E-state index is 0.347. The first-order chi connectivity index (χ1) is 6.17. The molecule has 1 saturated heterocycles. The third kappa shape index (κ3) is 1.50. The summed E-state index contributed by atoms with van der Waals surface area (Å²) < 4.78 is 0. The van der Waals surface area contributed by atoms with Crippen LogP contribution in [-0.4, -0.2) is 35.2 Å². The molecule has 0 bridgehead atoms. The highest BCUT2D eigenvalue weighted by molar-refractivity contribution is 5.00. The van der Waals surface area contributed by atoms with Crippen LogP contribution in [0.25, 0.3) is 0 Å². The van der Waals surface area contributed by atoms with E-state index < -0.39 is 0 Å². The van der Waals surface area contributed by atoms with Crippen LogP contribution in [0, 0.1) is 5.41 Å². The maximum Gasteiger partial charge on any atom is 0.0587 e. The van der Waals surface area contributed by atoms with Crippen molar-refractivity contribution in [2.24, 2.45) is 5.41 Å². The molecule has 1 spiro atoms. The van der Waals surface area contributed by atoms with E-state index in [0.29, 0.717) is 24.1 Å². The fourth-order valence-corrected chi connectivity index (χ4v) is 3.01. The molecular weight excluding hydrogens is 162 g/mol. The molecule has 0 radical (unpaired) electrons. The zero-order chi connectivity index (χ0) is 9.47. The molecule has 2 fully saturated rings. The van der Waals surface area contributed by atoms with Crippen LogP contribution >= 0.6 is 0 Å². The summed E-state index contributed by atoms with van der Waals surface area (Å²) >= 11 is 0. The lowest BCUT2D eigenvalue weighted by Gasteiger charge is -2.38. The van der Waals surface area contributed by atoms with E-state index in [2.05, 4.69) is 18.7 Å². The number of aliphatic hydroxyl groups excluding tert-OH is 1. The first-order valence-electron chi connectivity index (χ1n) is 5.53. The van der Waals surface area contributed by atoms with Crippen molar-refractivity contribution in [3.05, 3.63) is 0 Å². The molecule has 1 heterocycles. The number of nitrogens with zero attached hydrogens (tertiary/aromatic N) is 1. The van der Waals surface area contributed by atoms with Gasteiger partial charge in [0, 0.05) is 18.6 Å². The SMILES string of the molecule is CC(C)N1CC2(CCC2)CC1CO. The number of likely N-dealkylation sites (tertiary alicyclic amines) is 1. The first kappa shape index (κ1) is 9.47. The Kier molecular flexibility index (Phi) is 2.37. The van der Waals surface area contributed by atoms with E-state index in [0.717, 1.165) is 0 Å². The van der Waals surface area contributed by atoms with Crippen molar-refractivity contribution in [3.63, 3.8) is 0 Å². The Labute approximate surface area is 80.9 Å². The van der Waals surface area contributed by atoms with Crippen LogP contribution in [0.1, 0.15) is 39.5 Å². The molecule has 0 amide bonds. The van der Waals surface area contributed by atoms with E-state index >= 15 is 0 Å². The van der Waals surface area contributed by atoms with Crippen LogP contribution in [-0.2, 0) is 0 Å². The number of rotatable bonds is 2. The van der Waals surface area contributed by atoms with Gasteiger partial charge in [0.05, 0.1) is 6.61 Å². The van der Waals surface area contributed by atoms with Gasteiger partial charge in [-0.15, -0.1) is 0 Å². The predicted octanol–water partition coefficient (Wildman–Crippen LogP) is 1.63. The lowest BCUT2D eigenvalue weighted by Crippen LogP contribution is -2.39. The van der Waals surface area contributed by atoms with Gasteiger partial charge in [-0.05, 0) is 38.5 Å². The second-order valence-corrected chi connectivity index (χ2v) is 5.16. The summed E-state index contributed by atoms with van der Waals surface area (Å²) in [5, 5.41) is 9.30. The molecule has 2 heteroatoms. The van der Waals surface area contributed by atoms with Gasteiger partial charge in [0.25, 0.3) is 0 Å². The maximum atomic E-state index is 9.30. The van der Waals surface area contributed by atoms with E-state index in [1.165, 1.54) is 32.2 Å². The molecule has 0 aromatic carbocycles. The van der Waals surface area contributed by atoms with Gasteiger partial charge in [-0.2, -0.15) is 0 Å². The normalized spacial score (nSPS) is 32.8. The van der Waals surface area contributed by atoms with Crippen molar-refractivity contribution in [3.8, 4) is 0 Å². The van der Waals surface area contributed by atoms with Crippen molar-refractivity contribution in [1.82, 2.24) is 4.90 Å². The zero-order valence-electron chi connectivity index (χ0n) is 8.79. The van der Waals surface area contributed by atoms with Gasteiger partial charge in [0.15, 0.2) is 0 Å². The molecule has 0 aromatic rings. The van der Waals surface area contributed by atoms with Gasteiger partial charge in [-0.1, -0.05) is 6.42 Å². The average molecular weight is 183 g/mol. The summed E-state index contributed by atoms with van der Waals surface area (Å²) in [6.07, 6.45) is 5.44. The van der Waals surface area contributed by atoms with E-state index in [1.54, 1.807) is 0 Å². The van der Waals surface area contributed by atoms with Crippen LogP contribution in [0.4, 0.5) is 0 Å². The fraction of sp³-hybridized carbons (Fsp3) is 1.00. The van der Waals surface area contributed by atoms with E-state index in [-0.39, 0.29) is 0 Å². The summed E-state index contributed by atoms with van der Waals surface area (Å²) in [7, 11) is 0. The quantitative estimate of drug-likeness (QED) is 0.703. The summed E-state index contributed by atoms with van der Waals surface area (Å²) in [5.74, 6) is 0. The van der Waals surface area contributed by atoms with Crippen LogP contribution < -0.4 is 0 Å². The molecular formula is C11H21NO. The molecule has 2 aliphatic rings. The lowest BCUT2D eigenvalue weighted by molar-refractivity contribution is 0.117. The fourth-order valence-electron chi connectivity index (χ4n) is 3.01. The van der Waals surface area contributed by atoms with Crippen LogP contribution in [0.3, 0.4) is 0 Å². The summed E-state index contributed by atoms with van der Waals surface area (Å²) in [5.41, 5.74) is 0.609. The summed E-state index contributed by atoms with van der Waals surface area (Å²) in [4.78, 5) is 2.49. The van der Waals surface area contributed by atoms with Crippen molar-refractivity contribution in [2.45, 2.75) is 51.6 Å². The Hall–Kier alpha value is -0.0800. The summed E-state index contributed by atoms with van der Waals surface area (Å²) in [6, 6.07) is 1.04. The van der Waals surface area contributed by atoms with E-state index in [4.69, 9.17) is 0 Å². The highest BCUT2D eigenvalue weighted by Gasteiger charge is 2.47. The predicted molar refractivity (Wildman–Crippen MR) is 53.6 cm³/mol. The Balaban J connectivity index is 2.03. The van der Waals surface area contributed by atoms with Crippen molar-refractivity contribution < 1.29 is 5.11 Å². The second-order valence-electron chi connectivity index (χ2n) is 5.16. The third-order valence-electron chi connectivity index (χ3n) is 3.94. The molecule has 1 N–H and O–H groups in total. The monoisotopic (exact) mass is 183 g/mol. The van der Waals surface area contributed by atoms with Gasteiger partial charge >= 0.3 is 0 Å².